The molecule has 6 nitrogen and oxygen atoms in total. The Kier molecular flexibility index (Phi) is 5.41. The number of aliphatic carboxylic acids is 1. The van der Waals surface area contributed by atoms with Crippen LogP contribution >= 0.6 is 0 Å². The summed E-state index contributed by atoms with van der Waals surface area (Å²) >= 11 is 0. The Morgan fingerprint density at radius 2 is 2.14 bits per heavy atom. The van der Waals surface area contributed by atoms with Crippen molar-refractivity contribution >= 4 is 5.97 Å². The predicted octanol–water partition coefficient (Wildman–Crippen LogP) is 1.38. The molecule has 1 aliphatic heterocycles. The van der Waals surface area contributed by atoms with Crippen LogP contribution in [-0.4, -0.2) is 56.0 Å². The van der Waals surface area contributed by atoms with Crippen molar-refractivity contribution in [1.82, 2.24) is 4.90 Å². The number of carbonyl (C=O) groups is 1. The molecule has 1 heterocycles. The topological polar surface area (TPSA) is 68.2 Å². The number of carboxylic acid groups (broad SMARTS) is 1. The molecule has 21 heavy (non-hydrogen) atoms. The van der Waals surface area contributed by atoms with Gasteiger partial charge in [-0.05, 0) is 17.7 Å². The van der Waals surface area contributed by atoms with Crippen LogP contribution in [0.1, 0.15) is 12.0 Å². The molecule has 1 aromatic rings. The van der Waals surface area contributed by atoms with E-state index in [0.29, 0.717) is 24.7 Å². The molecule has 0 bridgehead atoms. The third kappa shape index (κ3) is 4.34. The summed E-state index contributed by atoms with van der Waals surface area (Å²) in [5.41, 5.74) is 1.10. The van der Waals surface area contributed by atoms with Crippen molar-refractivity contribution in [3.05, 3.63) is 23.8 Å². The van der Waals surface area contributed by atoms with Crippen molar-refractivity contribution in [2.75, 3.05) is 33.9 Å². The maximum atomic E-state index is 10.8. The summed E-state index contributed by atoms with van der Waals surface area (Å²) in [5, 5.41) is 8.84. The summed E-state index contributed by atoms with van der Waals surface area (Å²) in [5.74, 6) is 0.574. The van der Waals surface area contributed by atoms with Gasteiger partial charge in [0.05, 0.1) is 33.4 Å². The fourth-order valence-corrected chi connectivity index (χ4v) is 2.48. The minimum Gasteiger partial charge on any atom is -0.493 e. The summed E-state index contributed by atoms with van der Waals surface area (Å²) in [6.45, 7) is 2.72. The Morgan fingerprint density at radius 1 is 1.38 bits per heavy atom. The molecule has 1 aromatic carbocycles. The highest BCUT2D eigenvalue weighted by atomic mass is 16.5. The van der Waals surface area contributed by atoms with E-state index < -0.39 is 5.97 Å². The zero-order valence-corrected chi connectivity index (χ0v) is 12.4. The number of benzene rings is 1. The van der Waals surface area contributed by atoms with Gasteiger partial charge in [0.1, 0.15) is 0 Å². The Hall–Kier alpha value is -1.79. The van der Waals surface area contributed by atoms with E-state index in [-0.39, 0.29) is 12.5 Å². The Bertz CT molecular complexity index is 491. The molecule has 0 saturated carbocycles. The van der Waals surface area contributed by atoms with Crippen LogP contribution < -0.4 is 9.47 Å². The van der Waals surface area contributed by atoms with Crippen LogP contribution in [-0.2, 0) is 16.1 Å². The zero-order chi connectivity index (χ0) is 15.2. The zero-order valence-electron chi connectivity index (χ0n) is 12.4. The molecule has 0 aliphatic carbocycles. The van der Waals surface area contributed by atoms with Gasteiger partial charge in [-0.3, -0.25) is 9.69 Å². The van der Waals surface area contributed by atoms with E-state index in [2.05, 4.69) is 4.90 Å². The monoisotopic (exact) mass is 295 g/mol. The van der Waals surface area contributed by atoms with Gasteiger partial charge >= 0.3 is 5.97 Å². The summed E-state index contributed by atoms with van der Waals surface area (Å²) in [7, 11) is 3.22. The van der Waals surface area contributed by atoms with Gasteiger partial charge < -0.3 is 19.3 Å². The number of carboxylic acids is 1. The van der Waals surface area contributed by atoms with Crippen molar-refractivity contribution in [1.29, 1.82) is 0 Å². The maximum Gasteiger partial charge on any atom is 0.306 e. The largest absolute Gasteiger partial charge is 0.493 e. The van der Waals surface area contributed by atoms with E-state index in [1.807, 2.05) is 18.2 Å². The average Bonchev–Trinajstić information content (AvgIpc) is 2.46. The van der Waals surface area contributed by atoms with Gasteiger partial charge in [-0.25, -0.2) is 0 Å². The quantitative estimate of drug-likeness (QED) is 0.855. The first-order valence-corrected chi connectivity index (χ1v) is 6.89. The van der Waals surface area contributed by atoms with E-state index in [9.17, 15) is 4.79 Å². The molecule has 1 saturated heterocycles. The van der Waals surface area contributed by atoms with E-state index >= 15 is 0 Å². The van der Waals surface area contributed by atoms with Crippen LogP contribution in [0.2, 0.25) is 0 Å². The lowest BCUT2D eigenvalue weighted by Crippen LogP contribution is -2.42. The van der Waals surface area contributed by atoms with Crippen LogP contribution in [0.4, 0.5) is 0 Å². The van der Waals surface area contributed by atoms with Crippen LogP contribution in [0, 0.1) is 0 Å². The lowest BCUT2D eigenvalue weighted by Gasteiger charge is -2.32. The highest BCUT2D eigenvalue weighted by Crippen LogP contribution is 2.28. The second-order valence-corrected chi connectivity index (χ2v) is 5.02. The molecule has 6 heteroatoms. The predicted molar refractivity (Wildman–Crippen MR) is 76.8 cm³/mol. The molecule has 0 amide bonds. The lowest BCUT2D eigenvalue weighted by atomic mass is 10.1. The summed E-state index contributed by atoms with van der Waals surface area (Å²) in [6, 6.07) is 5.81. The number of morpholine rings is 1. The van der Waals surface area contributed by atoms with Crippen molar-refractivity contribution < 1.29 is 24.1 Å². The standard InChI is InChI=1S/C15H21NO5/c1-19-13-4-3-11(7-14(13)20-2)9-16-5-6-21-12(10-16)8-15(17)18/h3-4,7,12H,5-6,8-10H2,1-2H3,(H,17,18). The minimum atomic E-state index is -0.826. The van der Waals surface area contributed by atoms with Gasteiger partial charge in [0.25, 0.3) is 0 Å². The third-order valence-corrected chi connectivity index (χ3v) is 3.48. The molecule has 0 spiro atoms. The second-order valence-electron chi connectivity index (χ2n) is 5.02. The molecule has 1 fully saturated rings. The SMILES string of the molecule is COc1ccc(CN2CCOC(CC(=O)O)C2)cc1OC. The van der Waals surface area contributed by atoms with Crippen molar-refractivity contribution in [2.24, 2.45) is 0 Å². The Morgan fingerprint density at radius 3 is 2.81 bits per heavy atom. The molecule has 1 aliphatic rings. The first kappa shape index (κ1) is 15.6. The fraction of sp³-hybridized carbons (Fsp3) is 0.533. The molecular weight excluding hydrogens is 274 g/mol. The Balaban J connectivity index is 1.99. The second kappa shape index (κ2) is 7.28. The number of ether oxygens (including phenoxy) is 3. The van der Waals surface area contributed by atoms with Crippen molar-refractivity contribution in [3.8, 4) is 11.5 Å². The first-order valence-electron chi connectivity index (χ1n) is 6.89. The highest BCUT2D eigenvalue weighted by Gasteiger charge is 2.22. The minimum absolute atomic E-state index is 0.0441. The van der Waals surface area contributed by atoms with Gasteiger partial charge in [0.2, 0.25) is 0 Å². The number of hydrogen-bond acceptors (Lipinski definition) is 5. The van der Waals surface area contributed by atoms with E-state index in [1.165, 1.54) is 0 Å². The summed E-state index contributed by atoms with van der Waals surface area (Å²) in [6.07, 6.45) is -0.195. The lowest BCUT2D eigenvalue weighted by molar-refractivity contribution is -0.142. The van der Waals surface area contributed by atoms with Crippen LogP contribution in [0.3, 0.4) is 0 Å². The molecule has 116 valence electrons. The van der Waals surface area contributed by atoms with Gasteiger partial charge in [0, 0.05) is 19.6 Å². The van der Waals surface area contributed by atoms with E-state index in [1.54, 1.807) is 14.2 Å². The van der Waals surface area contributed by atoms with Gasteiger partial charge in [-0.1, -0.05) is 6.07 Å². The highest BCUT2D eigenvalue weighted by molar-refractivity contribution is 5.67. The maximum absolute atomic E-state index is 10.8. The van der Waals surface area contributed by atoms with Crippen LogP contribution in [0.25, 0.3) is 0 Å². The summed E-state index contributed by atoms with van der Waals surface area (Å²) < 4.78 is 16.0. The molecule has 2 rings (SSSR count). The molecule has 0 radical (unpaired) electrons. The number of methoxy groups -OCH3 is 2. The molecule has 1 unspecified atom stereocenters. The Labute approximate surface area is 124 Å². The van der Waals surface area contributed by atoms with Crippen molar-refractivity contribution in [3.63, 3.8) is 0 Å². The third-order valence-electron chi connectivity index (χ3n) is 3.48. The van der Waals surface area contributed by atoms with Gasteiger partial charge in [-0.15, -0.1) is 0 Å². The molecule has 0 aromatic heterocycles. The molecule has 1 N–H and O–H groups in total. The number of nitrogens with zero attached hydrogens (tertiary/aromatic N) is 1. The smallest absolute Gasteiger partial charge is 0.306 e. The fourth-order valence-electron chi connectivity index (χ4n) is 2.48. The van der Waals surface area contributed by atoms with E-state index in [0.717, 1.165) is 18.7 Å². The van der Waals surface area contributed by atoms with Crippen LogP contribution in [0.5, 0.6) is 11.5 Å². The number of rotatable bonds is 6. The molecule has 1 atom stereocenters. The first-order chi connectivity index (χ1) is 10.1. The van der Waals surface area contributed by atoms with Crippen LogP contribution in [0.15, 0.2) is 18.2 Å². The normalized spacial score (nSPS) is 19.2. The number of hydrogen-bond donors (Lipinski definition) is 1. The van der Waals surface area contributed by atoms with Crippen molar-refractivity contribution in [2.45, 2.75) is 19.1 Å². The molecular formula is C15H21NO5. The van der Waals surface area contributed by atoms with Gasteiger partial charge in [-0.2, -0.15) is 0 Å². The van der Waals surface area contributed by atoms with E-state index in [4.69, 9.17) is 19.3 Å². The average molecular weight is 295 g/mol. The van der Waals surface area contributed by atoms with Gasteiger partial charge in [0.15, 0.2) is 11.5 Å². The summed E-state index contributed by atoms with van der Waals surface area (Å²) in [4.78, 5) is 13.0.